The van der Waals surface area contributed by atoms with E-state index in [9.17, 15) is 18.0 Å². The van der Waals surface area contributed by atoms with Crippen molar-refractivity contribution in [1.29, 1.82) is 0 Å². The van der Waals surface area contributed by atoms with Crippen LogP contribution < -0.4 is 10.2 Å². The molecule has 2 heterocycles. The summed E-state index contributed by atoms with van der Waals surface area (Å²) in [5, 5.41) is 2.70. The maximum absolute atomic E-state index is 13.3. The van der Waals surface area contributed by atoms with Crippen LogP contribution in [0.3, 0.4) is 0 Å². The van der Waals surface area contributed by atoms with E-state index in [1.54, 1.807) is 6.20 Å². The van der Waals surface area contributed by atoms with Gasteiger partial charge in [-0.15, -0.1) is 0 Å². The first kappa shape index (κ1) is 24.8. The van der Waals surface area contributed by atoms with E-state index in [1.807, 2.05) is 29.2 Å². The molecule has 1 aromatic heterocycles. The van der Waals surface area contributed by atoms with Gasteiger partial charge < -0.3 is 14.6 Å². The number of aromatic nitrogens is 1. The first-order chi connectivity index (χ1) is 16.7. The second kappa shape index (κ2) is 10.5. The summed E-state index contributed by atoms with van der Waals surface area (Å²) in [6.07, 6.45) is 0.470. The van der Waals surface area contributed by atoms with Crippen molar-refractivity contribution < 1.29 is 22.4 Å². The first-order valence-electron chi connectivity index (χ1n) is 12.0. The fraction of sp³-hybridized carbons (Fsp3) is 0.407. The number of oxazole rings is 1. The Hall–Kier alpha value is -3.29. The van der Waals surface area contributed by atoms with Crippen LogP contribution in [0.15, 0.2) is 53.1 Å². The van der Waals surface area contributed by atoms with Crippen LogP contribution in [0.2, 0.25) is 0 Å². The number of hydrogen-bond donors (Lipinski definition) is 1. The zero-order valence-electron chi connectivity index (χ0n) is 20.0. The number of nitrogens with one attached hydrogen (secondary N) is 1. The molecule has 0 radical (unpaired) electrons. The molecule has 2 aromatic carbocycles. The third kappa shape index (κ3) is 6.24. The lowest BCUT2D eigenvalue weighted by Crippen LogP contribution is -2.30. The number of piperidine rings is 1. The summed E-state index contributed by atoms with van der Waals surface area (Å²) in [7, 11) is 0. The third-order valence-electron chi connectivity index (χ3n) is 6.28. The van der Waals surface area contributed by atoms with Crippen LogP contribution in [0, 0.1) is 0 Å². The minimum atomic E-state index is -4.48. The van der Waals surface area contributed by atoms with Crippen LogP contribution in [0.1, 0.15) is 62.5 Å². The molecule has 0 bridgehead atoms. The van der Waals surface area contributed by atoms with Gasteiger partial charge in [0, 0.05) is 31.5 Å². The average Bonchev–Trinajstić information content (AvgIpc) is 3.32. The minimum absolute atomic E-state index is 0.0436. The molecule has 5 nitrogen and oxygen atoms in total. The molecule has 0 atom stereocenters. The topological polar surface area (TPSA) is 58.4 Å². The number of alkyl halides is 3. The summed E-state index contributed by atoms with van der Waals surface area (Å²) < 4.78 is 45.7. The Bertz CT molecular complexity index is 1150. The quantitative estimate of drug-likeness (QED) is 0.390. The highest BCUT2D eigenvalue weighted by Crippen LogP contribution is 2.36. The molecular weight excluding hydrogens is 455 g/mol. The largest absolute Gasteiger partial charge is 0.441 e. The predicted octanol–water partition coefficient (Wildman–Crippen LogP) is 7.05. The lowest BCUT2D eigenvalue weighted by atomic mass is 10.0. The second-order valence-electron chi connectivity index (χ2n) is 9.22. The molecule has 35 heavy (non-hydrogen) atoms. The van der Waals surface area contributed by atoms with Crippen LogP contribution >= 0.6 is 0 Å². The fourth-order valence-corrected chi connectivity index (χ4v) is 4.25. The van der Waals surface area contributed by atoms with Gasteiger partial charge in [0.25, 0.3) is 0 Å². The van der Waals surface area contributed by atoms with Crippen molar-refractivity contribution in [3.8, 4) is 11.3 Å². The predicted molar refractivity (Wildman–Crippen MR) is 130 cm³/mol. The van der Waals surface area contributed by atoms with E-state index >= 15 is 0 Å². The van der Waals surface area contributed by atoms with Gasteiger partial charge in [0.1, 0.15) is 0 Å². The van der Waals surface area contributed by atoms with Crippen LogP contribution in [0.4, 0.5) is 24.5 Å². The lowest BCUT2D eigenvalue weighted by molar-refractivity contribution is -0.137. The van der Waals surface area contributed by atoms with Crippen molar-refractivity contribution >= 4 is 17.3 Å². The van der Waals surface area contributed by atoms with Gasteiger partial charge in [-0.25, -0.2) is 4.98 Å². The summed E-state index contributed by atoms with van der Waals surface area (Å²) in [5.41, 5.74) is 2.14. The van der Waals surface area contributed by atoms with Gasteiger partial charge in [-0.2, -0.15) is 13.2 Å². The van der Waals surface area contributed by atoms with Crippen molar-refractivity contribution in [2.75, 3.05) is 23.3 Å². The molecule has 186 valence electrons. The van der Waals surface area contributed by atoms with Gasteiger partial charge in [-0.05, 0) is 48.9 Å². The number of anilines is 2. The van der Waals surface area contributed by atoms with Gasteiger partial charge in [0.2, 0.25) is 5.91 Å². The molecule has 0 unspecified atom stereocenters. The number of rotatable bonds is 7. The number of carbonyl (C=O) groups excluding carboxylic acids is 1. The zero-order chi connectivity index (χ0) is 25.0. The van der Waals surface area contributed by atoms with Crippen molar-refractivity contribution in [1.82, 2.24) is 4.98 Å². The average molecular weight is 486 g/mol. The van der Waals surface area contributed by atoms with E-state index in [1.165, 1.54) is 11.6 Å². The van der Waals surface area contributed by atoms with Crippen LogP contribution in [-0.4, -0.2) is 24.0 Å². The van der Waals surface area contributed by atoms with Gasteiger partial charge in [-0.3, -0.25) is 4.79 Å². The second-order valence-corrected chi connectivity index (χ2v) is 9.22. The summed E-state index contributed by atoms with van der Waals surface area (Å²) >= 11 is 0. The Morgan fingerprint density at radius 2 is 1.80 bits per heavy atom. The highest BCUT2D eigenvalue weighted by Gasteiger charge is 2.32. The van der Waals surface area contributed by atoms with E-state index in [4.69, 9.17) is 4.42 Å². The molecule has 1 saturated heterocycles. The summed E-state index contributed by atoms with van der Waals surface area (Å²) in [4.78, 5) is 19.0. The molecule has 0 saturated carbocycles. The maximum Gasteiger partial charge on any atom is 0.416 e. The Balaban J connectivity index is 1.43. The van der Waals surface area contributed by atoms with Gasteiger partial charge in [0.15, 0.2) is 11.7 Å². The van der Waals surface area contributed by atoms with Crippen molar-refractivity contribution in [3.05, 3.63) is 65.7 Å². The molecule has 8 heteroatoms. The molecule has 3 aromatic rings. The van der Waals surface area contributed by atoms with Crippen molar-refractivity contribution in [2.24, 2.45) is 0 Å². The molecule has 4 rings (SSSR count). The molecule has 1 aliphatic heterocycles. The van der Waals surface area contributed by atoms with E-state index < -0.39 is 11.7 Å². The Morgan fingerprint density at radius 1 is 1.09 bits per heavy atom. The number of carbonyl (C=O) groups is 1. The van der Waals surface area contributed by atoms with E-state index in [0.717, 1.165) is 50.0 Å². The number of nitrogens with zero attached hydrogens (tertiary/aromatic N) is 2. The maximum atomic E-state index is 13.3. The van der Waals surface area contributed by atoms with Crippen LogP contribution in [0.25, 0.3) is 11.3 Å². The van der Waals surface area contributed by atoms with Crippen molar-refractivity contribution in [2.45, 2.75) is 58.0 Å². The lowest BCUT2D eigenvalue weighted by Gasteiger charge is -2.31. The van der Waals surface area contributed by atoms with Gasteiger partial charge in [-0.1, -0.05) is 38.1 Å². The van der Waals surface area contributed by atoms with Gasteiger partial charge in [0.05, 0.1) is 23.1 Å². The summed E-state index contributed by atoms with van der Waals surface area (Å²) in [6, 6.07) is 11.6. The number of amides is 1. The van der Waals surface area contributed by atoms with E-state index in [0.29, 0.717) is 23.3 Å². The number of benzene rings is 2. The van der Waals surface area contributed by atoms with Gasteiger partial charge >= 0.3 is 6.18 Å². The van der Waals surface area contributed by atoms with Crippen LogP contribution in [-0.2, 0) is 17.4 Å². The molecule has 1 fully saturated rings. The monoisotopic (exact) mass is 485 g/mol. The number of aryl methyl sites for hydroxylation is 1. The standard InChI is InChI=1S/C27H30F3N3O2/c1-18(2)19-6-8-20(9-7-19)24-17-31-26(35-24)13-12-25(34)32-22-16-21(27(28,29)30)10-11-23(22)33-14-4-3-5-15-33/h6-11,16-18H,3-5,12-15H2,1-2H3,(H,32,34). The van der Waals surface area contributed by atoms with Crippen LogP contribution in [0.5, 0.6) is 0 Å². The fourth-order valence-electron chi connectivity index (χ4n) is 4.25. The Morgan fingerprint density at radius 3 is 2.46 bits per heavy atom. The molecule has 0 aliphatic carbocycles. The Kier molecular flexibility index (Phi) is 7.48. The molecule has 0 spiro atoms. The Labute approximate surface area is 203 Å². The minimum Gasteiger partial charge on any atom is -0.441 e. The molecular formula is C27H30F3N3O2. The summed E-state index contributed by atoms with van der Waals surface area (Å²) in [6.45, 7) is 5.76. The van der Waals surface area contributed by atoms with E-state index in [2.05, 4.69) is 24.1 Å². The van der Waals surface area contributed by atoms with E-state index in [-0.39, 0.29) is 24.4 Å². The molecule has 1 aliphatic rings. The third-order valence-corrected chi connectivity index (χ3v) is 6.28. The highest BCUT2D eigenvalue weighted by molar-refractivity contribution is 5.94. The number of halogens is 3. The highest BCUT2D eigenvalue weighted by atomic mass is 19.4. The van der Waals surface area contributed by atoms with Crippen molar-refractivity contribution in [3.63, 3.8) is 0 Å². The zero-order valence-corrected chi connectivity index (χ0v) is 20.0. The first-order valence-corrected chi connectivity index (χ1v) is 12.0. The normalized spacial score (nSPS) is 14.4. The number of hydrogen-bond acceptors (Lipinski definition) is 4. The summed E-state index contributed by atoms with van der Waals surface area (Å²) in [5.74, 6) is 1.06. The SMILES string of the molecule is CC(C)c1ccc(-c2cnc(CCC(=O)Nc3cc(C(F)(F)F)ccc3N3CCCCC3)o2)cc1. The molecule has 1 N–H and O–H groups in total. The molecule has 1 amide bonds. The smallest absolute Gasteiger partial charge is 0.416 e.